The average Bonchev–Trinajstić information content (AvgIpc) is 3.56. The van der Waals surface area contributed by atoms with E-state index in [0.717, 1.165) is 16.0 Å². The van der Waals surface area contributed by atoms with E-state index >= 15 is 0 Å². The van der Waals surface area contributed by atoms with E-state index in [1.54, 1.807) is 11.3 Å². The zero-order chi connectivity index (χ0) is 27.1. The van der Waals surface area contributed by atoms with Crippen molar-refractivity contribution in [1.29, 1.82) is 0 Å². The van der Waals surface area contributed by atoms with Crippen molar-refractivity contribution < 1.29 is 0 Å². The lowest BCUT2D eigenvalue weighted by atomic mass is 9.80. The third-order valence-corrected chi connectivity index (χ3v) is 9.63. The highest BCUT2D eigenvalue weighted by atomic mass is 32.1. The van der Waals surface area contributed by atoms with Crippen molar-refractivity contribution in [2.24, 2.45) is 0 Å². The monoisotopic (exact) mass is 540 g/mol. The van der Waals surface area contributed by atoms with Crippen LogP contribution in [0, 0.1) is 6.92 Å². The van der Waals surface area contributed by atoms with Gasteiger partial charge in [0.2, 0.25) is 0 Å². The zero-order valence-electron chi connectivity index (χ0n) is 22.4. The highest BCUT2D eigenvalue weighted by Crippen LogP contribution is 2.49. The quantitative estimate of drug-likeness (QED) is 0.202. The maximum atomic E-state index is 4.97. The first-order valence-electron chi connectivity index (χ1n) is 14.0. The van der Waals surface area contributed by atoms with Crippen LogP contribution in [0.1, 0.15) is 5.56 Å². The van der Waals surface area contributed by atoms with E-state index in [9.17, 15) is 0 Å². The van der Waals surface area contributed by atoms with Gasteiger partial charge in [-0.2, -0.15) is 0 Å². The van der Waals surface area contributed by atoms with Gasteiger partial charge in [0.25, 0.3) is 0 Å². The highest BCUT2D eigenvalue weighted by Gasteiger charge is 2.23. The molecule has 8 aromatic rings. The molecule has 0 aliphatic heterocycles. The van der Waals surface area contributed by atoms with Crippen LogP contribution >= 0.6 is 11.3 Å². The van der Waals surface area contributed by atoms with Gasteiger partial charge < -0.3 is 0 Å². The summed E-state index contributed by atoms with van der Waals surface area (Å²) in [7, 11) is 0. The van der Waals surface area contributed by atoms with Crippen molar-refractivity contribution >= 4 is 37.5 Å². The second-order valence-electron chi connectivity index (χ2n) is 10.8. The molecule has 41 heavy (non-hydrogen) atoms. The molecular weight excluding hydrogens is 516 g/mol. The van der Waals surface area contributed by atoms with Crippen LogP contribution in [0.4, 0.5) is 0 Å². The number of fused-ring (bicyclic) bond motifs is 13. The average molecular weight is 541 g/mol. The van der Waals surface area contributed by atoms with E-state index in [4.69, 9.17) is 4.98 Å². The standard InChI is InChI=1S/C38H24N2S/c1-23-18-21-35-37(41-38-39-33-16-8-9-17-34(33)40(35)38)36(23)24-19-20-31-29-14-5-4-12-27(29)25-10-2-3-11-26(25)28-13-6-7-15-30(28)32(31)22-24/h2-22H,1H3. The summed E-state index contributed by atoms with van der Waals surface area (Å²) in [6.45, 7) is 2.23. The summed E-state index contributed by atoms with van der Waals surface area (Å²) < 4.78 is 3.59. The Labute approximate surface area is 241 Å². The number of benzene rings is 6. The number of para-hydroxylation sites is 2. The third-order valence-electron chi connectivity index (χ3n) is 8.56. The number of aromatic nitrogens is 2. The fourth-order valence-corrected chi connectivity index (χ4v) is 7.98. The summed E-state index contributed by atoms with van der Waals surface area (Å²) in [4.78, 5) is 6.00. The fourth-order valence-electron chi connectivity index (χ4n) is 6.72. The molecule has 0 saturated carbocycles. The Hall–Kier alpha value is -4.99. The van der Waals surface area contributed by atoms with Crippen LogP contribution in [0.5, 0.6) is 0 Å². The first-order chi connectivity index (χ1) is 20.3. The summed E-state index contributed by atoms with van der Waals surface area (Å²) >= 11 is 1.78. The van der Waals surface area contributed by atoms with Gasteiger partial charge in [0.15, 0.2) is 4.96 Å². The van der Waals surface area contributed by atoms with Crippen LogP contribution in [0.15, 0.2) is 127 Å². The number of imidazole rings is 1. The third kappa shape index (κ3) is 3.21. The zero-order valence-corrected chi connectivity index (χ0v) is 23.2. The van der Waals surface area contributed by atoms with Gasteiger partial charge in [-0.15, -0.1) is 0 Å². The van der Waals surface area contributed by atoms with Crippen LogP contribution in [0.2, 0.25) is 0 Å². The van der Waals surface area contributed by atoms with E-state index in [1.165, 1.54) is 71.4 Å². The molecular formula is C38H24N2S. The Bertz CT molecular complexity index is 2330. The van der Waals surface area contributed by atoms with Crippen LogP contribution in [0.3, 0.4) is 0 Å². The molecule has 0 atom stereocenters. The summed E-state index contributed by atoms with van der Waals surface area (Å²) in [5.41, 5.74) is 17.4. The van der Waals surface area contributed by atoms with Crippen molar-refractivity contribution in [3.05, 3.63) is 133 Å². The second kappa shape index (κ2) is 8.50. The molecule has 0 saturated heterocycles. The number of aryl methyl sites for hydroxylation is 1. The molecule has 0 spiro atoms. The lowest BCUT2D eigenvalue weighted by molar-refractivity contribution is 1.34. The lowest BCUT2D eigenvalue weighted by Crippen LogP contribution is -1.97. The largest absolute Gasteiger partial charge is 0.283 e. The number of hydrogen-bond acceptors (Lipinski definition) is 2. The molecule has 0 bridgehead atoms. The van der Waals surface area contributed by atoms with E-state index < -0.39 is 0 Å². The van der Waals surface area contributed by atoms with E-state index in [1.807, 2.05) is 0 Å². The van der Waals surface area contributed by atoms with E-state index in [2.05, 4.69) is 139 Å². The molecule has 0 radical (unpaired) electrons. The van der Waals surface area contributed by atoms with Crippen LogP contribution in [-0.4, -0.2) is 9.38 Å². The minimum atomic E-state index is 1.04. The Morgan fingerprint density at radius 3 is 1.68 bits per heavy atom. The first-order valence-corrected chi connectivity index (χ1v) is 14.8. The summed E-state index contributed by atoms with van der Waals surface area (Å²) in [6, 6.07) is 46.5. The predicted octanol–water partition coefficient (Wildman–Crippen LogP) is 10.7. The Morgan fingerprint density at radius 2 is 1.05 bits per heavy atom. The second-order valence-corrected chi connectivity index (χ2v) is 11.8. The molecule has 0 N–H and O–H groups in total. The minimum Gasteiger partial charge on any atom is -0.283 e. The molecule has 2 nitrogen and oxygen atoms in total. The molecule has 0 fully saturated rings. The molecule has 2 aromatic heterocycles. The van der Waals surface area contributed by atoms with Crippen molar-refractivity contribution in [2.45, 2.75) is 6.92 Å². The van der Waals surface area contributed by atoms with Crippen LogP contribution in [-0.2, 0) is 0 Å². The molecule has 6 aromatic carbocycles. The Kier molecular flexibility index (Phi) is 4.73. The van der Waals surface area contributed by atoms with Gasteiger partial charge in [0, 0.05) is 5.56 Å². The normalized spacial score (nSPS) is 12.0. The van der Waals surface area contributed by atoms with Crippen molar-refractivity contribution in [3.8, 4) is 55.6 Å². The molecule has 2 heterocycles. The fraction of sp³-hybridized carbons (Fsp3) is 0.0263. The van der Waals surface area contributed by atoms with Crippen molar-refractivity contribution in [3.63, 3.8) is 0 Å². The van der Waals surface area contributed by atoms with Crippen molar-refractivity contribution in [1.82, 2.24) is 9.38 Å². The number of rotatable bonds is 1. The van der Waals surface area contributed by atoms with Gasteiger partial charge in [-0.05, 0) is 86.8 Å². The Balaban J connectivity index is 1.36. The molecule has 9 rings (SSSR count). The highest BCUT2D eigenvalue weighted by molar-refractivity contribution is 7.24. The van der Waals surface area contributed by atoms with Crippen LogP contribution in [0.25, 0.3) is 81.8 Å². The lowest BCUT2D eigenvalue weighted by Gasteiger charge is -2.23. The van der Waals surface area contributed by atoms with Gasteiger partial charge in [-0.25, -0.2) is 4.98 Å². The van der Waals surface area contributed by atoms with Gasteiger partial charge in [-0.3, -0.25) is 4.40 Å². The maximum Gasteiger partial charge on any atom is 0.195 e. The SMILES string of the molecule is Cc1ccc2c(sc3nc4ccccc4n32)c1-c1ccc2c(c1)-c1ccccc1-c1ccccc1-c1ccccc1-2. The summed E-state index contributed by atoms with van der Waals surface area (Å²) in [5.74, 6) is 0. The van der Waals surface area contributed by atoms with Gasteiger partial charge in [0.05, 0.1) is 21.3 Å². The molecule has 3 heteroatoms. The molecule has 1 aliphatic rings. The Morgan fingerprint density at radius 1 is 0.512 bits per heavy atom. The number of nitrogens with zero attached hydrogens (tertiary/aromatic N) is 2. The van der Waals surface area contributed by atoms with Gasteiger partial charge in [0.1, 0.15) is 0 Å². The van der Waals surface area contributed by atoms with E-state index in [0.29, 0.717) is 0 Å². The molecule has 0 unspecified atom stereocenters. The summed E-state index contributed by atoms with van der Waals surface area (Å²) in [6.07, 6.45) is 0. The predicted molar refractivity (Wildman–Crippen MR) is 174 cm³/mol. The van der Waals surface area contributed by atoms with Gasteiger partial charge in [-0.1, -0.05) is 114 Å². The van der Waals surface area contributed by atoms with Crippen LogP contribution < -0.4 is 0 Å². The maximum absolute atomic E-state index is 4.97. The number of hydrogen-bond donors (Lipinski definition) is 0. The summed E-state index contributed by atoms with van der Waals surface area (Å²) in [5, 5.41) is 0. The van der Waals surface area contributed by atoms with Crippen molar-refractivity contribution in [2.75, 3.05) is 0 Å². The molecule has 1 aliphatic carbocycles. The first kappa shape index (κ1) is 22.8. The topological polar surface area (TPSA) is 17.3 Å². The minimum absolute atomic E-state index is 1.04. The molecule has 0 amide bonds. The van der Waals surface area contributed by atoms with E-state index in [-0.39, 0.29) is 0 Å². The molecule has 192 valence electrons. The van der Waals surface area contributed by atoms with Gasteiger partial charge >= 0.3 is 0 Å². The number of thiazole rings is 1. The smallest absolute Gasteiger partial charge is 0.195 e.